The van der Waals surface area contributed by atoms with Crippen molar-refractivity contribution in [3.05, 3.63) is 33.8 Å². The smallest absolute Gasteiger partial charge is 0.216 e. The van der Waals surface area contributed by atoms with Gasteiger partial charge < -0.3 is 0 Å². The molecular formula is C9H10BrNO2S. The lowest BCUT2D eigenvalue weighted by atomic mass is 10.1. The third kappa shape index (κ3) is 1.60. The molecule has 0 heterocycles. The highest BCUT2D eigenvalue weighted by Crippen LogP contribution is 2.38. The zero-order valence-corrected chi connectivity index (χ0v) is 9.81. The minimum Gasteiger partial charge on any atom is -0.228 e. The van der Waals surface area contributed by atoms with Crippen LogP contribution < -0.4 is 5.14 Å². The van der Waals surface area contributed by atoms with E-state index < -0.39 is 15.3 Å². The molecule has 1 unspecified atom stereocenters. The number of nitrogens with two attached hydrogens (primary N) is 1. The van der Waals surface area contributed by atoms with Crippen LogP contribution in [0.2, 0.25) is 0 Å². The highest BCUT2D eigenvalue weighted by molar-refractivity contribution is 9.10. The van der Waals surface area contributed by atoms with Crippen molar-refractivity contribution in [2.24, 2.45) is 5.14 Å². The van der Waals surface area contributed by atoms with Gasteiger partial charge in [0.05, 0.1) is 0 Å². The monoisotopic (exact) mass is 275 g/mol. The van der Waals surface area contributed by atoms with Crippen molar-refractivity contribution < 1.29 is 8.42 Å². The highest BCUT2D eigenvalue weighted by atomic mass is 79.9. The number of primary sulfonamides is 1. The van der Waals surface area contributed by atoms with Crippen molar-refractivity contribution in [2.45, 2.75) is 18.1 Å². The number of rotatable bonds is 1. The third-order valence-corrected chi connectivity index (χ3v) is 4.58. The summed E-state index contributed by atoms with van der Waals surface area (Å²) < 4.78 is 23.5. The molecule has 0 saturated carbocycles. The van der Waals surface area contributed by atoms with Gasteiger partial charge in [0.15, 0.2) is 0 Å². The summed E-state index contributed by atoms with van der Waals surface area (Å²) >= 11 is 3.41. The topological polar surface area (TPSA) is 60.2 Å². The lowest BCUT2D eigenvalue weighted by Crippen LogP contribution is -2.19. The Balaban J connectivity index is 2.56. The standard InChI is InChI=1S/C9H10BrNO2S/c10-8-3-1-2-7-6(8)4-5-9(7)14(11,12)13/h1-3,9H,4-5H2,(H2,11,12,13). The molecule has 1 aliphatic carbocycles. The summed E-state index contributed by atoms with van der Waals surface area (Å²) in [6.07, 6.45) is 1.37. The van der Waals surface area contributed by atoms with Crippen molar-refractivity contribution >= 4 is 26.0 Å². The number of hydrogen-bond donors (Lipinski definition) is 1. The molecule has 5 heteroatoms. The van der Waals surface area contributed by atoms with E-state index in [1.165, 1.54) is 0 Å². The predicted octanol–water partition coefficient (Wildman–Crippen LogP) is 1.72. The normalized spacial score (nSPS) is 20.9. The fourth-order valence-electron chi connectivity index (χ4n) is 1.91. The Bertz CT molecular complexity index is 470. The summed E-state index contributed by atoms with van der Waals surface area (Å²) in [5.41, 5.74) is 1.92. The quantitative estimate of drug-likeness (QED) is 0.849. The van der Waals surface area contributed by atoms with E-state index in [2.05, 4.69) is 15.9 Å². The average Bonchev–Trinajstić information content (AvgIpc) is 2.47. The molecule has 0 aromatic heterocycles. The second kappa shape index (κ2) is 3.32. The molecule has 0 amide bonds. The van der Waals surface area contributed by atoms with Crippen molar-refractivity contribution in [3.63, 3.8) is 0 Å². The fourth-order valence-corrected chi connectivity index (χ4v) is 3.51. The van der Waals surface area contributed by atoms with Gasteiger partial charge in [-0.05, 0) is 30.0 Å². The molecule has 1 aromatic rings. The zero-order chi connectivity index (χ0) is 10.3. The first-order chi connectivity index (χ1) is 6.50. The highest BCUT2D eigenvalue weighted by Gasteiger charge is 2.31. The van der Waals surface area contributed by atoms with Crippen LogP contribution in [0.4, 0.5) is 0 Å². The van der Waals surface area contributed by atoms with Gasteiger partial charge in [-0.3, -0.25) is 0 Å². The van der Waals surface area contributed by atoms with E-state index in [-0.39, 0.29) is 0 Å². The van der Waals surface area contributed by atoms with Crippen molar-refractivity contribution in [2.75, 3.05) is 0 Å². The molecule has 14 heavy (non-hydrogen) atoms. The largest absolute Gasteiger partial charge is 0.228 e. The predicted molar refractivity (Wildman–Crippen MR) is 58.3 cm³/mol. The molecule has 2 N–H and O–H groups in total. The molecule has 1 aromatic carbocycles. The van der Waals surface area contributed by atoms with Gasteiger partial charge in [0.25, 0.3) is 0 Å². The Hall–Kier alpha value is -0.390. The summed E-state index contributed by atoms with van der Waals surface area (Å²) in [6, 6.07) is 5.60. The molecule has 0 spiro atoms. The van der Waals surface area contributed by atoms with E-state index in [9.17, 15) is 8.42 Å². The lowest BCUT2D eigenvalue weighted by Gasteiger charge is -2.08. The van der Waals surface area contributed by atoms with Gasteiger partial charge in [0.1, 0.15) is 5.25 Å². The second-order valence-corrected chi connectivity index (χ2v) is 6.03. The lowest BCUT2D eigenvalue weighted by molar-refractivity contribution is 0.582. The fraction of sp³-hybridized carbons (Fsp3) is 0.333. The molecule has 0 bridgehead atoms. The van der Waals surface area contributed by atoms with E-state index in [0.29, 0.717) is 6.42 Å². The molecular weight excluding hydrogens is 266 g/mol. The van der Waals surface area contributed by atoms with Gasteiger partial charge in [0.2, 0.25) is 10.0 Å². The zero-order valence-electron chi connectivity index (χ0n) is 7.40. The van der Waals surface area contributed by atoms with Gasteiger partial charge in [-0.25, -0.2) is 13.6 Å². The Morgan fingerprint density at radius 3 is 2.79 bits per heavy atom. The van der Waals surface area contributed by atoms with Crippen LogP contribution in [0.3, 0.4) is 0 Å². The van der Waals surface area contributed by atoms with Crippen molar-refractivity contribution in [3.8, 4) is 0 Å². The van der Waals surface area contributed by atoms with Gasteiger partial charge in [-0.1, -0.05) is 28.1 Å². The van der Waals surface area contributed by atoms with E-state index in [0.717, 1.165) is 22.0 Å². The van der Waals surface area contributed by atoms with E-state index in [1.807, 2.05) is 18.2 Å². The van der Waals surface area contributed by atoms with Crippen LogP contribution in [0.25, 0.3) is 0 Å². The molecule has 1 aliphatic rings. The molecule has 0 saturated heterocycles. The summed E-state index contributed by atoms with van der Waals surface area (Å²) in [4.78, 5) is 0. The van der Waals surface area contributed by atoms with Crippen LogP contribution in [-0.4, -0.2) is 8.42 Å². The van der Waals surface area contributed by atoms with Gasteiger partial charge in [-0.2, -0.15) is 0 Å². The van der Waals surface area contributed by atoms with Crippen molar-refractivity contribution in [1.29, 1.82) is 0 Å². The first-order valence-electron chi connectivity index (χ1n) is 4.29. The van der Waals surface area contributed by atoms with Crippen LogP contribution in [0, 0.1) is 0 Å². The minimum atomic E-state index is -3.45. The molecule has 0 radical (unpaired) electrons. The third-order valence-electron chi connectivity index (χ3n) is 2.56. The van der Waals surface area contributed by atoms with Gasteiger partial charge >= 0.3 is 0 Å². The van der Waals surface area contributed by atoms with Crippen LogP contribution in [0.15, 0.2) is 22.7 Å². The average molecular weight is 276 g/mol. The summed E-state index contributed by atoms with van der Waals surface area (Å²) in [6.45, 7) is 0. The van der Waals surface area contributed by atoms with Crippen LogP contribution >= 0.6 is 15.9 Å². The van der Waals surface area contributed by atoms with Crippen molar-refractivity contribution in [1.82, 2.24) is 0 Å². The van der Waals surface area contributed by atoms with E-state index >= 15 is 0 Å². The molecule has 0 aliphatic heterocycles. The Labute approximate surface area is 91.5 Å². The molecule has 2 rings (SSSR count). The Morgan fingerprint density at radius 1 is 1.43 bits per heavy atom. The molecule has 0 fully saturated rings. The van der Waals surface area contributed by atoms with Gasteiger partial charge in [-0.15, -0.1) is 0 Å². The summed E-state index contributed by atoms with van der Waals surface area (Å²) in [5.74, 6) is 0. The number of halogens is 1. The molecule has 3 nitrogen and oxygen atoms in total. The van der Waals surface area contributed by atoms with E-state index in [1.54, 1.807) is 0 Å². The first-order valence-corrected chi connectivity index (χ1v) is 6.69. The maximum atomic E-state index is 11.3. The summed E-state index contributed by atoms with van der Waals surface area (Å²) in [5, 5.41) is 4.64. The number of benzene rings is 1. The number of hydrogen-bond acceptors (Lipinski definition) is 2. The molecule has 76 valence electrons. The first kappa shape index (κ1) is 10.1. The Morgan fingerprint density at radius 2 is 2.14 bits per heavy atom. The van der Waals surface area contributed by atoms with Crippen LogP contribution in [0.1, 0.15) is 22.8 Å². The SMILES string of the molecule is NS(=O)(=O)C1CCc2c(Br)cccc21. The van der Waals surface area contributed by atoms with Crippen LogP contribution in [-0.2, 0) is 16.4 Å². The molecule has 1 atom stereocenters. The minimum absolute atomic E-state index is 0.519. The van der Waals surface area contributed by atoms with Gasteiger partial charge in [0, 0.05) is 4.47 Å². The second-order valence-electron chi connectivity index (χ2n) is 3.42. The number of sulfonamides is 1. The van der Waals surface area contributed by atoms with E-state index in [4.69, 9.17) is 5.14 Å². The van der Waals surface area contributed by atoms with Crippen LogP contribution in [0.5, 0.6) is 0 Å². The Kier molecular flexibility index (Phi) is 2.41. The maximum absolute atomic E-state index is 11.3. The maximum Gasteiger partial charge on any atom is 0.216 e. The summed E-state index contributed by atoms with van der Waals surface area (Å²) in [7, 11) is -3.45. The number of fused-ring (bicyclic) bond motifs is 1.